The van der Waals surface area contributed by atoms with Crippen LogP contribution in [0.3, 0.4) is 0 Å². The van der Waals surface area contributed by atoms with Gasteiger partial charge in [0.2, 0.25) is 59.7 Å². The molecule has 1 unspecified atom stereocenters. The van der Waals surface area contributed by atoms with Crippen molar-refractivity contribution in [2.24, 2.45) is 11.7 Å². The molecule has 9 heterocycles. The van der Waals surface area contributed by atoms with E-state index in [1.807, 2.05) is 0 Å². The maximum atomic E-state index is 17.0. The summed E-state index contributed by atoms with van der Waals surface area (Å²) in [5.74, 6) is -17.6. The van der Waals surface area contributed by atoms with Crippen molar-refractivity contribution in [1.82, 2.24) is 42.5 Å². The number of amides is 7. The van der Waals surface area contributed by atoms with Crippen molar-refractivity contribution >= 4 is 70.5 Å². The van der Waals surface area contributed by atoms with Crippen LogP contribution in [-0.4, -0.2) is 259 Å². The summed E-state index contributed by atoms with van der Waals surface area (Å²) < 4.78 is 57.5. The molecule has 0 saturated carbocycles. The lowest BCUT2D eigenvalue weighted by atomic mass is 9.89. The number of aromatic hydroxyl groups is 4. The summed E-state index contributed by atoms with van der Waals surface area (Å²) in [4.78, 5) is 123. The lowest BCUT2D eigenvalue weighted by molar-refractivity contribution is -0.284. The standard InChI is InChI=1S/C88H99Cl2N9O33/c1-33(2)8-6-4-5-7-9-60(108)94-68-74(113)71(110)58(31-101)129-87(68)132-78-55-25-40-26-56(78)126-52-17-13-38(23-47(52)90)77(131-86-67(92-34(3)103)73(112)70(109)57(30-100)128-86)69-84(121)98-66(85(122)123)45-28-42(105)29-54(127-88-76(115)75(114)72(111)59(32-102)130-88)61(45)44-22-37(12-14-49(44)106)63(81(118)99-69)96-83(120)65(40)97-82(119)64-39-20-41(104)27-43(21-39)124-53-24-36(11-15-50(53)107)62(91)80(117)93-48(79(116)95-64)19-35-10-16-51(125-55)46(89)18-35/h10-18,20-29,33,48,57-59,62-77,79,86-88,95,100-102,104-107,109-116H,4-9,19,30-32,91H2,1-3H3,(H,92,103)(H,93,117)(H,94,108)(H,96,120)(H,97,119)(H,98,121)(H,99,118)(H,122,123)/t48-,57-,58-,59-,62-,63-,64+,65-,66+,67-,68-,69+,70-,71-,72-,73-,74-,75+,76+,77-,79?,86+,87+,88+/m1/s1. The average Bonchev–Trinajstić information content (AvgIpc) is 0.748. The van der Waals surface area contributed by atoms with Gasteiger partial charge in [0, 0.05) is 42.2 Å². The van der Waals surface area contributed by atoms with E-state index in [0.717, 1.165) is 111 Å². The van der Waals surface area contributed by atoms with Gasteiger partial charge in [0.25, 0.3) is 0 Å². The molecule has 9 aliphatic rings. The molecule has 17 bridgehead atoms. The number of hydrogen-bond donors (Lipinski definition) is 25. The number of carbonyl (C=O) groups is 8. The van der Waals surface area contributed by atoms with Gasteiger partial charge in [0.05, 0.1) is 35.9 Å². The van der Waals surface area contributed by atoms with Gasteiger partial charge in [-0.25, -0.2) is 4.79 Å². The summed E-state index contributed by atoms with van der Waals surface area (Å²) in [6.07, 6.45) is -27.8. The molecule has 3 fully saturated rings. The highest BCUT2D eigenvalue weighted by atomic mass is 35.5. The molecular formula is C88H99Cl2N9O33. The van der Waals surface area contributed by atoms with E-state index in [0.29, 0.717) is 18.8 Å². The van der Waals surface area contributed by atoms with Gasteiger partial charge in [-0.1, -0.05) is 87.0 Å². The number of nitrogens with two attached hydrogens (primary N) is 1. The van der Waals surface area contributed by atoms with Crippen LogP contribution in [0.4, 0.5) is 0 Å². The molecule has 0 radical (unpaired) electrons. The molecule has 7 amide bonds. The van der Waals surface area contributed by atoms with Crippen LogP contribution in [0.2, 0.25) is 10.0 Å². The predicted octanol–water partition coefficient (Wildman–Crippen LogP) is 0.811. The number of rotatable bonds is 19. The molecule has 3 saturated heterocycles. The van der Waals surface area contributed by atoms with E-state index in [1.165, 1.54) is 30.3 Å². The van der Waals surface area contributed by atoms with Crippen molar-refractivity contribution in [3.8, 4) is 80.1 Å². The number of aliphatic carboxylic acids is 1. The van der Waals surface area contributed by atoms with Gasteiger partial charge in [-0.2, -0.15) is 0 Å². The molecule has 42 nitrogen and oxygen atoms in total. The van der Waals surface area contributed by atoms with Gasteiger partial charge >= 0.3 is 5.97 Å². The van der Waals surface area contributed by atoms with Crippen molar-refractivity contribution in [3.63, 3.8) is 0 Å². The molecule has 708 valence electrons. The van der Waals surface area contributed by atoms with Crippen molar-refractivity contribution in [3.05, 3.63) is 164 Å². The number of phenols is 4. The second-order valence-electron chi connectivity index (χ2n) is 33.3. The Morgan fingerprint density at radius 1 is 0.515 bits per heavy atom. The van der Waals surface area contributed by atoms with Crippen molar-refractivity contribution in [1.29, 1.82) is 0 Å². The summed E-state index contributed by atoms with van der Waals surface area (Å²) in [6, 6.07) is 1.44. The summed E-state index contributed by atoms with van der Waals surface area (Å²) in [7, 11) is 0. The molecule has 7 aromatic rings. The van der Waals surface area contributed by atoms with E-state index in [4.69, 9.17) is 71.6 Å². The lowest BCUT2D eigenvalue weighted by Crippen LogP contribution is -2.65. The Morgan fingerprint density at radius 3 is 1.73 bits per heavy atom. The molecule has 132 heavy (non-hydrogen) atoms. The van der Waals surface area contributed by atoms with Gasteiger partial charge in [-0.15, -0.1) is 0 Å². The van der Waals surface area contributed by atoms with E-state index in [9.17, 15) is 101 Å². The first-order valence-electron chi connectivity index (χ1n) is 42.1. The van der Waals surface area contributed by atoms with Gasteiger partial charge in [0.1, 0.15) is 156 Å². The topological polar surface area (TPSA) is 666 Å². The smallest absolute Gasteiger partial charge is 0.330 e. The number of ether oxygens (including phenoxy) is 9. The molecular weight excluding hydrogens is 1780 g/mol. The fraction of sp³-hybridized carbons (Fsp3) is 0.432. The zero-order valence-corrected chi connectivity index (χ0v) is 71.9. The van der Waals surface area contributed by atoms with Gasteiger partial charge in [-0.05, 0) is 131 Å². The molecule has 7 aromatic carbocycles. The first-order chi connectivity index (χ1) is 62.9. The van der Waals surface area contributed by atoms with E-state index in [2.05, 4.69) is 56.4 Å². The van der Waals surface area contributed by atoms with E-state index < -0.39 is 310 Å². The van der Waals surface area contributed by atoms with Crippen LogP contribution in [-0.2, 0) is 63.7 Å². The first-order valence-corrected chi connectivity index (χ1v) is 42.8. The third-order valence-electron chi connectivity index (χ3n) is 23.5. The Hall–Kier alpha value is -11.6. The van der Waals surface area contributed by atoms with Gasteiger partial charge < -0.3 is 167 Å². The molecule has 44 heteroatoms. The predicted molar refractivity (Wildman–Crippen MR) is 454 cm³/mol. The maximum absolute atomic E-state index is 17.0. The van der Waals surface area contributed by atoms with Crippen molar-refractivity contribution in [2.45, 2.75) is 212 Å². The quantitative estimate of drug-likeness (QED) is 0.0498. The highest BCUT2D eigenvalue weighted by molar-refractivity contribution is 6.32. The molecule has 9 aliphatic heterocycles. The Labute approximate surface area is 760 Å². The third kappa shape index (κ3) is 20.9. The zero-order valence-electron chi connectivity index (χ0n) is 70.4. The number of fused-ring (bicyclic) bond motifs is 14. The molecule has 24 atom stereocenters. The monoisotopic (exact) mass is 1880 g/mol. The van der Waals surface area contributed by atoms with Crippen LogP contribution in [0.15, 0.2) is 115 Å². The van der Waals surface area contributed by atoms with Crippen LogP contribution in [0, 0.1) is 5.92 Å². The van der Waals surface area contributed by atoms with Crippen LogP contribution in [0.1, 0.15) is 135 Å². The second kappa shape index (κ2) is 40.9. The molecule has 16 rings (SSSR count). The summed E-state index contributed by atoms with van der Waals surface area (Å²) >= 11 is 14.8. The van der Waals surface area contributed by atoms with Crippen LogP contribution in [0.5, 0.6) is 69.0 Å². The highest BCUT2D eigenvalue weighted by Crippen LogP contribution is 2.51. The average molecular weight is 1880 g/mol. The zero-order chi connectivity index (χ0) is 94.9. The van der Waals surface area contributed by atoms with Gasteiger partial charge in [0.15, 0.2) is 35.3 Å². The number of carboxylic acids is 1. The van der Waals surface area contributed by atoms with Crippen LogP contribution < -0.4 is 72.0 Å². The fourth-order valence-corrected chi connectivity index (χ4v) is 17.1. The number of aliphatic hydroxyl groups is 11. The Balaban J connectivity index is 1.04. The lowest BCUT2D eigenvalue weighted by Gasteiger charge is -2.44. The number of carbonyl (C=O) groups excluding carboxylic acids is 7. The molecule has 26 N–H and O–H groups in total. The van der Waals surface area contributed by atoms with E-state index in [-0.39, 0.29) is 45.4 Å². The Morgan fingerprint density at radius 2 is 1.08 bits per heavy atom. The Kier molecular flexibility index (Phi) is 29.9. The molecule has 0 aliphatic carbocycles. The fourth-order valence-electron chi connectivity index (χ4n) is 16.6. The minimum absolute atomic E-state index is 0.0564. The first kappa shape index (κ1) is 96.5. The largest absolute Gasteiger partial charge is 0.508 e. The normalized spacial score (nSPS) is 29.5. The number of hydrogen-bond acceptors (Lipinski definition) is 34. The Bertz CT molecular complexity index is 5510. The van der Waals surface area contributed by atoms with Gasteiger partial charge in [-0.3, -0.25) is 38.9 Å². The summed E-state index contributed by atoms with van der Waals surface area (Å²) in [5.41, 5.74) is 3.03. The van der Waals surface area contributed by atoms with Crippen molar-refractivity contribution < 1.29 is 163 Å². The molecule has 0 aromatic heterocycles. The number of phenolic OH excluding ortho intramolecular Hbond substituents is 4. The van der Waals surface area contributed by atoms with Crippen LogP contribution >= 0.6 is 23.2 Å². The number of benzene rings is 7. The SMILES string of the molecule is CC(=O)N[C@H]1[C@H](O[C@@H]2c3ccc(c(Cl)c3)Oc3cc4cc(c3O[C@@H]3O[C@H](CO)[C@@H](O)[C@H](O)[C@H]3NC(=O)CCCCCCC(C)C)Oc3ccc(cc3Cl)C[C@H]3NC(=O)[C@H](N)c5ccc(O)c(c5)Oc5cc(O)cc(c5)[C@H](NC3O)C(=O)N[C@H]4C(=O)N[C@H]3C(=O)N[C@@H]2C(=O)N[C@H](C(=O)O)c2cc(O)cc(O[C@H]4O[C@H](CO)[C@@H](O)[C@H](O)[C@@H]4O)c2-c2cc3ccc2O)O[C@H](CO)[C@@H](O)[C@@H]1O. The number of nitrogens with one attached hydrogen (secondary N) is 8. The number of aliphatic hydroxyl groups excluding tert-OH is 11. The minimum atomic E-state index is -2.58. The third-order valence-corrected chi connectivity index (χ3v) is 24.1. The highest BCUT2D eigenvalue weighted by Gasteiger charge is 2.52. The van der Waals surface area contributed by atoms with E-state index >= 15 is 19.2 Å². The number of carboxylic acid groups (broad SMARTS) is 1. The second-order valence-corrected chi connectivity index (χ2v) is 34.2. The maximum Gasteiger partial charge on any atom is 0.330 e. The van der Waals surface area contributed by atoms with Crippen LogP contribution in [0.25, 0.3) is 11.1 Å². The number of unbranched alkanes of at least 4 members (excludes halogenated alkanes) is 3. The minimum Gasteiger partial charge on any atom is -0.508 e. The van der Waals surface area contributed by atoms with Crippen molar-refractivity contribution in [2.75, 3.05) is 19.8 Å². The summed E-state index contributed by atoms with van der Waals surface area (Å²) in [5, 5.41) is 204. The van der Waals surface area contributed by atoms with E-state index in [1.54, 1.807) is 0 Å². The molecule has 0 spiro atoms. The summed E-state index contributed by atoms with van der Waals surface area (Å²) in [6.45, 7) is 1.99. The number of halogens is 2.